The van der Waals surface area contributed by atoms with Crippen LogP contribution in [0.2, 0.25) is 5.02 Å². The number of hydrogen-bond donors (Lipinski definition) is 3. The van der Waals surface area contributed by atoms with Gasteiger partial charge < -0.3 is 16.4 Å². The van der Waals surface area contributed by atoms with Crippen LogP contribution in [-0.4, -0.2) is 11.9 Å². The van der Waals surface area contributed by atoms with E-state index in [0.29, 0.717) is 22.0 Å². The van der Waals surface area contributed by atoms with Crippen LogP contribution in [0.1, 0.15) is 17.2 Å². The largest absolute Gasteiger partial charge is 0.370 e. The van der Waals surface area contributed by atoms with Gasteiger partial charge in [0.1, 0.15) is 6.04 Å². The predicted octanol–water partition coefficient (Wildman–Crippen LogP) is 4.35. The summed E-state index contributed by atoms with van der Waals surface area (Å²) in [6.45, 7) is 0. The number of carbonyl (C=O) groups is 1. The van der Waals surface area contributed by atoms with E-state index >= 15 is 0 Å². The van der Waals surface area contributed by atoms with Crippen LogP contribution in [0.15, 0.2) is 95.5 Å². The minimum absolute atomic E-state index is 0.250. The molecule has 1 aliphatic heterocycles. The molecular weight excluding hydrogens is 384 g/mol. The molecule has 0 saturated heterocycles. The minimum atomic E-state index is -0.563. The summed E-state index contributed by atoms with van der Waals surface area (Å²) in [7, 11) is 0. The lowest BCUT2D eigenvalue weighted by Gasteiger charge is -2.27. The fourth-order valence-corrected chi connectivity index (χ4v) is 3.37. The van der Waals surface area contributed by atoms with Crippen molar-refractivity contribution in [1.82, 2.24) is 5.32 Å². The molecule has 0 fully saturated rings. The lowest BCUT2D eigenvalue weighted by Crippen LogP contribution is -2.38. The number of halogens is 1. The summed E-state index contributed by atoms with van der Waals surface area (Å²) in [6, 6.07) is 25.6. The monoisotopic (exact) mass is 402 g/mol. The van der Waals surface area contributed by atoms with Crippen LogP contribution in [0.5, 0.6) is 0 Å². The second-order valence-corrected chi connectivity index (χ2v) is 7.00. The molecule has 0 saturated carbocycles. The van der Waals surface area contributed by atoms with E-state index in [2.05, 4.69) is 15.6 Å². The molecule has 0 aromatic heterocycles. The molecule has 0 aliphatic carbocycles. The Labute approximate surface area is 173 Å². The van der Waals surface area contributed by atoms with Crippen LogP contribution in [0.3, 0.4) is 0 Å². The van der Waals surface area contributed by atoms with Gasteiger partial charge in [-0.2, -0.15) is 0 Å². The molecule has 0 radical (unpaired) electrons. The number of aliphatic imine (C=N–C) groups is 1. The van der Waals surface area contributed by atoms with E-state index in [1.54, 1.807) is 12.1 Å². The fraction of sp³-hybridized carbons (Fsp3) is 0.0435. The zero-order valence-corrected chi connectivity index (χ0v) is 16.2. The number of nitrogens with zero attached hydrogens (tertiary/aromatic N) is 1. The van der Waals surface area contributed by atoms with Gasteiger partial charge in [-0.15, -0.1) is 0 Å². The second-order valence-electron chi connectivity index (χ2n) is 6.57. The third-order valence-corrected chi connectivity index (χ3v) is 4.84. The lowest BCUT2D eigenvalue weighted by molar-refractivity contribution is -0.113. The standard InChI is InChI=1S/C23H19ClN4O/c24-17-13-11-16(12-14-17)21-19(22(29)26-18-9-5-2-6-10-18)20(27-23(25)28-21)15-7-3-1-4-8-15/h1-14,21H,(H,26,29)(H3,25,27,28). The third-order valence-electron chi connectivity index (χ3n) is 4.59. The maximum absolute atomic E-state index is 13.4. The number of para-hydroxylation sites is 1. The van der Waals surface area contributed by atoms with Crippen LogP contribution in [0.25, 0.3) is 5.70 Å². The summed E-state index contributed by atoms with van der Waals surface area (Å²) in [5.41, 5.74) is 9.57. The number of guanidine groups is 1. The molecule has 3 aromatic rings. The Morgan fingerprint density at radius 1 is 0.931 bits per heavy atom. The van der Waals surface area contributed by atoms with E-state index in [0.717, 1.165) is 11.1 Å². The van der Waals surface area contributed by atoms with E-state index in [4.69, 9.17) is 17.3 Å². The number of benzene rings is 3. The summed E-state index contributed by atoms with van der Waals surface area (Å²) in [5, 5.41) is 6.66. The Morgan fingerprint density at radius 3 is 2.21 bits per heavy atom. The van der Waals surface area contributed by atoms with Crippen LogP contribution >= 0.6 is 11.6 Å². The summed E-state index contributed by atoms with van der Waals surface area (Å²) < 4.78 is 0. The summed E-state index contributed by atoms with van der Waals surface area (Å²) >= 11 is 6.05. The normalized spacial score (nSPS) is 16.0. The van der Waals surface area contributed by atoms with Gasteiger partial charge in [0.2, 0.25) is 0 Å². The molecule has 1 atom stereocenters. The first kappa shape index (κ1) is 18.8. The topological polar surface area (TPSA) is 79.5 Å². The number of nitrogens with one attached hydrogen (secondary N) is 2. The predicted molar refractivity (Wildman–Crippen MR) is 117 cm³/mol. The van der Waals surface area contributed by atoms with Gasteiger partial charge in [-0.05, 0) is 35.4 Å². The zero-order valence-electron chi connectivity index (χ0n) is 15.5. The molecule has 6 heteroatoms. The van der Waals surface area contributed by atoms with Crippen molar-refractivity contribution < 1.29 is 4.79 Å². The van der Waals surface area contributed by atoms with Crippen molar-refractivity contribution in [3.05, 3.63) is 107 Å². The van der Waals surface area contributed by atoms with E-state index < -0.39 is 6.04 Å². The van der Waals surface area contributed by atoms with E-state index in [1.807, 2.05) is 72.8 Å². The molecule has 1 amide bonds. The molecular formula is C23H19ClN4O. The Kier molecular flexibility index (Phi) is 5.31. The molecule has 0 bridgehead atoms. The van der Waals surface area contributed by atoms with Gasteiger partial charge in [-0.1, -0.05) is 72.3 Å². The molecule has 1 aliphatic rings. The number of rotatable bonds is 4. The van der Waals surface area contributed by atoms with Crippen LogP contribution in [-0.2, 0) is 4.79 Å². The first-order valence-electron chi connectivity index (χ1n) is 9.13. The third kappa shape index (κ3) is 4.15. The van der Waals surface area contributed by atoms with Gasteiger partial charge in [-0.3, -0.25) is 4.79 Å². The summed E-state index contributed by atoms with van der Waals surface area (Å²) in [4.78, 5) is 17.9. The van der Waals surface area contributed by atoms with Crippen molar-refractivity contribution in [1.29, 1.82) is 0 Å². The highest BCUT2D eigenvalue weighted by Gasteiger charge is 2.31. The number of amides is 1. The van der Waals surface area contributed by atoms with Crippen LogP contribution < -0.4 is 16.4 Å². The van der Waals surface area contributed by atoms with Crippen molar-refractivity contribution in [3.63, 3.8) is 0 Å². The van der Waals surface area contributed by atoms with E-state index in [1.165, 1.54) is 0 Å². The number of carbonyl (C=O) groups excluding carboxylic acids is 1. The van der Waals surface area contributed by atoms with Crippen LogP contribution in [0, 0.1) is 0 Å². The maximum atomic E-state index is 13.4. The molecule has 0 spiro atoms. The SMILES string of the molecule is NC1=NC(c2ccc(Cl)cc2)C(C(=O)Nc2ccccc2)=C(c2ccccc2)N1. The van der Waals surface area contributed by atoms with Gasteiger partial charge in [0, 0.05) is 10.7 Å². The molecule has 29 heavy (non-hydrogen) atoms. The highest BCUT2D eigenvalue weighted by Crippen LogP contribution is 2.35. The highest BCUT2D eigenvalue weighted by molar-refractivity contribution is 6.30. The van der Waals surface area contributed by atoms with E-state index in [9.17, 15) is 4.79 Å². The van der Waals surface area contributed by atoms with E-state index in [-0.39, 0.29) is 11.9 Å². The van der Waals surface area contributed by atoms with Crippen molar-refractivity contribution >= 4 is 34.9 Å². The minimum Gasteiger partial charge on any atom is -0.370 e. The Hall–Kier alpha value is -3.57. The molecule has 3 aromatic carbocycles. The average molecular weight is 403 g/mol. The average Bonchev–Trinajstić information content (AvgIpc) is 2.75. The quantitative estimate of drug-likeness (QED) is 0.607. The second kappa shape index (κ2) is 8.20. The summed E-state index contributed by atoms with van der Waals surface area (Å²) in [5.74, 6) is -0.00110. The number of nitrogens with two attached hydrogens (primary N) is 1. The van der Waals surface area contributed by atoms with Crippen molar-refractivity contribution in [2.24, 2.45) is 10.7 Å². The van der Waals surface area contributed by atoms with Crippen LogP contribution in [0.4, 0.5) is 5.69 Å². The highest BCUT2D eigenvalue weighted by atomic mass is 35.5. The molecule has 4 N–H and O–H groups in total. The van der Waals surface area contributed by atoms with Gasteiger partial charge in [-0.25, -0.2) is 4.99 Å². The Balaban J connectivity index is 1.83. The first-order valence-corrected chi connectivity index (χ1v) is 9.51. The van der Waals surface area contributed by atoms with Crippen molar-refractivity contribution in [2.45, 2.75) is 6.04 Å². The van der Waals surface area contributed by atoms with Crippen molar-refractivity contribution in [3.8, 4) is 0 Å². The molecule has 1 heterocycles. The molecule has 144 valence electrons. The fourth-order valence-electron chi connectivity index (χ4n) is 3.24. The maximum Gasteiger partial charge on any atom is 0.256 e. The van der Waals surface area contributed by atoms with Crippen molar-refractivity contribution in [2.75, 3.05) is 5.32 Å². The lowest BCUT2D eigenvalue weighted by atomic mass is 9.92. The molecule has 5 nitrogen and oxygen atoms in total. The first-order chi connectivity index (χ1) is 14.1. The van der Waals surface area contributed by atoms with Gasteiger partial charge >= 0.3 is 0 Å². The molecule has 4 rings (SSSR count). The zero-order chi connectivity index (χ0) is 20.2. The van der Waals surface area contributed by atoms with Gasteiger partial charge in [0.05, 0.1) is 11.3 Å². The Bertz CT molecular complexity index is 1080. The molecule has 1 unspecified atom stereocenters. The van der Waals surface area contributed by atoms with Gasteiger partial charge in [0.15, 0.2) is 5.96 Å². The smallest absolute Gasteiger partial charge is 0.256 e. The summed E-state index contributed by atoms with van der Waals surface area (Å²) in [6.07, 6.45) is 0. The number of anilines is 1. The Morgan fingerprint density at radius 2 is 1.55 bits per heavy atom. The van der Waals surface area contributed by atoms with Gasteiger partial charge in [0.25, 0.3) is 5.91 Å². The number of hydrogen-bond acceptors (Lipinski definition) is 4.